The second-order valence-electron chi connectivity index (χ2n) is 11.1. The van der Waals surface area contributed by atoms with Crippen molar-refractivity contribution in [3.63, 3.8) is 0 Å². The molecule has 2 saturated carbocycles. The number of piperidine rings is 1. The van der Waals surface area contributed by atoms with Gasteiger partial charge in [-0.25, -0.2) is 0 Å². The highest BCUT2D eigenvalue weighted by Crippen LogP contribution is 2.56. The van der Waals surface area contributed by atoms with E-state index in [1.165, 1.54) is 6.07 Å². The fourth-order valence-electron chi connectivity index (χ4n) is 7.40. The van der Waals surface area contributed by atoms with Crippen LogP contribution in [-0.2, 0) is 23.9 Å². The minimum atomic E-state index is -4.44. The lowest BCUT2D eigenvalue weighted by Gasteiger charge is -2.39. The second kappa shape index (κ2) is 8.75. The molecule has 2 aliphatic heterocycles. The molecule has 2 aromatic heterocycles. The summed E-state index contributed by atoms with van der Waals surface area (Å²) in [5.74, 6) is 0.477. The van der Waals surface area contributed by atoms with E-state index in [-0.39, 0.29) is 23.4 Å². The van der Waals surface area contributed by atoms with Gasteiger partial charge < -0.3 is 9.80 Å². The van der Waals surface area contributed by atoms with Gasteiger partial charge in [-0.05, 0) is 56.1 Å². The third-order valence-electron chi connectivity index (χ3n) is 9.23. The molecule has 2 aliphatic carbocycles. The molecule has 1 N–H and O–H groups in total. The zero-order chi connectivity index (χ0) is 25.1. The summed E-state index contributed by atoms with van der Waals surface area (Å²) >= 11 is 0. The van der Waals surface area contributed by atoms with Gasteiger partial charge in [-0.3, -0.25) is 24.4 Å². The van der Waals surface area contributed by atoms with Gasteiger partial charge in [0.05, 0.1) is 17.0 Å². The van der Waals surface area contributed by atoms with Crippen LogP contribution in [0.1, 0.15) is 67.8 Å². The number of aromatic nitrogens is 3. The lowest BCUT2D eigenvalue weighted by molar-refractivity contribution is -0.144. The Bertz CT molecular complexity index is 1200. The summed E-state index contributed by atoms with van der Waals surface area (Å²) in [5, 5.41) is 2.86. The molecule has 0 radical (unpaired) electrons. The van der Waals surface area contributed by atoms with Gasteiger partial charge >= 0.3 is 6.18 Å². The summed E-state index contributed by atoms with van der Waals surface area (Å²) in [4.78, 5) is 33.9. The average molecular weight is 504 g/mol. The molecule has 3 atom stereocenters. The molecule has 0 spiro atoms. The molecule has 4 aliphatic rings. The number of halogens is 3. The molecule has 0 bridgehead atoms. The first-order chi connectivity index (χ1) is 17.2. The molecule has 7 nitrogen and oxygen atoms in total. The maximum atomic E-state index is 14.0. The summed E-state index contributed by atoms with van der Waals surface area (Å²) in [5.41, 5.74) is -0.0217. The number of hydrogen-bond donors (Lipinski definition) is 1. The smallest absolute Gasteiger partial charge is 0.337 e. The Balaban J connectivity index is 1.15. The quantitative estimate of drug-likeness (QED) is 0.692. The lowest BCUT2D eigenvalue weighted by Crippen LogP contribution is -2.47. The van der Waals surface area contributed by atoms with Crippen molar-refractivity contribution in [3.8, 4) is 0 Å². The highest BCUT2D eigenvalue weighted by atomic mass is 19.4. The Morgan fingerprint density at radius 1 is 1.14 bits per heavy atom. The number of likely N-dealkylation sites (tertiary alicyclic amines) is 1. The van der Waals surface area contributed by atoms with Gasteiger partial charge in [0.2, 0.25) is 5.91 Å². The molecule has 1 saturated heterocycles. The van der Waals surface area contributed by atoms with E-state index in [0.717, 1.165) is 64.2 Å². The lowest BCUT2D eigenvalue weighted by atomic mass is 9.78. The Labute approximate surface area is 207 Å². The van der Waals surface area contributed by atoms with E-state index in [2.05, 4.69) is 15.0 Å². The number of alkyl halides is 3. The molecule has 0 unspecified atom stereocenters. The van der Waals surface area contributed by atoms with Crippen molar-refractivity contribution in [1.82, 2.24) is 24.6 Å². The monoisotopic (exact) mass is 503 g/mol. The van der Waals surface area contributed by atoms with Crippen LogP contribution in [0.5, 0.6) is 0 Å². The number of rotatable bonds is 3. The van der Waals surface area contributed by atoms with Crippen molar-refractivity contribution >= 4 is 5.91 Å². The number of aromatic amines is 1. The van der Waals surface area contributed by atoms with E-state index in [1.807, 2.05) is 10.9 Å². The number of carbonyl (C=O) groups excluding carboxylic acids is 1. The average Bonchev–Trinajstić information content (AvgIpc) is 3.57. The van der Waals surface area contributed by atoms with Crippen molar-refractivity contribution in [2.24, 2.45) is 11.3 Å². The minimum Gasteiger partial charge on any atom is -0.337 e. The van der Waals surface area contributed by atoms with Crippen LogP contribution in [0.15, 0.2) is 29.3 Å². The zero-order valence-electron chi connectivity index (χ0n) is 20.3. The van der Waals surface area contributed by atoms with Crippen molar-refractivity contribution in [1.29, 1.82) is 0 Å². The highest BCUT2D eigenvalue weighted by molar-refractivity contribution is 5.84. The molecule has 2 aromatic rings. The van der Waals surface area contributed by atoms with Gasteiger partial charge in [-0.1, -0.05) is 6.42 Å². The number of pyridine rings is 1. The molecule has 4 heterocycles. The summed E-state index contributed by atoms with van der Waals surface area (Å²) in [7, 11) is 0. The van der Waals surface area contributed by atoms with Gasteiger partial charge in [0.25, 0.3) is 5.56 Å². The molecule has 10 heteroatoms. The molecule has 36 heavy (non-hydrogen) atoms. The maximum Gasteiger partial charge on any atom is 0.417 e. The first-order valence-corrected chi connectivity index (χ1v) is 13.1. The molecule has 1 amide bonds. The number of nitrogens with zero attached hydrogens (tertiary/aromatic N) is 4. The fraction of sp³-hybridized carbons (Fsp3) is 0.654. The normalized spacial score (nSPS) is 29.4. The number of carbonyl (C=O) groups is 1. The van der Waals surface area contributed by atoms with E-state index < -0.39 is 11.7 Å². The topological polar surface area (TPSA) is 74.2 Å². The van der Waals surface area contributed by atoms with Crippen LogP contribution in [0.3, 0.4) is 0 Å². The van der Waals surface area contributed by atoms with E-state index >= 15 is 0 Å². The van der Waals surface area contributed by atoms with Gasteiger partial charge in [-0.2, -0.15) is 13.2 Å². The summed E-state index contributed by atoms with van der Waals surface area (Å²) in [6.45, 7) is 2.61. The van der Waals surface area contributed by atoms with Gasteiger partial charge in [0.15, 0.2) is 0 Å². The standard InChI is InChI=1S/C26H32F3N5O2/c27-26(28,29)19-12-17-16-33(10-5-22(17)30-15-19)24(36)25-7-1-2-18(25)13-21(14-25)32-8-3-20(4-9-32)34-11-6-23(35)31-34/h6,11-12,15,18,20-21H,1-5,7-10,13-14,16H2,(H,31,35)/t18-,21+,25-/m1/s1. The maximum absolute atomic E-state index is 14.0. The molecule has 0 aromatic carbocycles. The number of nitrogens with one attached hydrogen (secondary N) is 1. The molecule has 3 fully saturated rings. The number of amides is 1. The van der Waals surface area contributed by atoms with Crippen LogP contribution in [0.25, 0.3) is 0 Å². The summed E-state index contributed by atoms with van der Waals surface area (Å²) in [6, 6.07) is 3.38. The van der Waals surface area contributed by atoms with Crippen molar-refractivity contribution in [2.75, 3.05) is 19.6 Å². The largest absolute Gasteiger partial charge is 0.417 e. The Morgan fingerprint density at radius 3 is 2.67 bits per heavy atom. The Kier molecular flexibility index (Phi) is 5.77. The van der Waals surface area contributed by atoms with E-state index in [1.54, 1.807) is 11.0 Å². The molecule has 194 valence electrons. The third-order valence-corrected chi connectivity index (χ3v) is 9.23. The van der Waals surface area contributed by atoms with Crippen LogP contribution in [0.2, 0.25) is 0 Å². The summed E-state index contributed by atoms with van der Waals surface area (Å²) in [6.07, 6.45) is 5.52. The predicted molar refractivity (Wildman–Crippen MR) is 126 cm³/mol. The van der Waals surface area contributed by atoms with Crippen molar-refractivity contribution in [2.45, 2.75) is 76.2 Å². The fourth-order valence-corrected chi connectivity index (χ4v) is 7.40. The van der Waals surface area contributed by atoms with Crippen LogP contribution in [-0.4, -0.2) is 56.1 Å². The van der Waals surface area contributed by atoms with Crippen molar-refractivity contribution < 1.29 is 18.0 Å². The van der Waals surface area contributed by atoms with Gasteiger partial charge in [-0.15, -0.1) is 0 Å². The third kappa shape index (κ3) is 4.07. The summed E-state index contributed by atoms with van der Waals surface area (Å²) < 4.78 is 41.6. The van der Waals surface area contributed by atoms with E-state index in [9.17, 15) is 22.8 Å². The minimum absolute atomic E-state index is 0.0766. The SMILES string of the molecule is O=C(N1CCc2ncc(C(F)(F)F)cc2C1)[C@@]12CCC[C@@H]1C[C@H](N1CCC(n3ccc(=O)[nH]3)CC1)C2. The van der Waals surface area contributed by atoms with Crippen LogP contribution >= 0.6 is 0 Å². The Hall–Kier alpha value is -2.62. The van der Waals surface area contributed by atoms with E-state index in [0.29, 0.717) is 42.2 Å². The first kappa shape index (κ1) is 23.8. The van der Waals surface area contributed by atoms with E-state index in [4.69, 9.17) is 0 Å². The zero-order valence-corrected chi connectivity index (χ0v) is 20.3. The highest BCUT2D eigenvalue weighted by Gasteiger charge is 2.57. The van der Waals surface area contributed by atoms with Gasteiger partial charge in [0.1, 0.15) is 0 Å². The van der Waals surface area contributed by atoms with Gasteiger partial charge in [0, 0.05) is 62.8 Å². The number of hydrogen-bond acceptors (Lipinski definition) is 4. The van der Waals surface area contributed by atoms with Crippen LogP contribution in [0, 0.1) is 11.3 Å². The first-order valence-electron chi connectivity index (χ1n) is 13.1. The molecular formula is C26H32F3N5O2. The van der Waals surface area contributed by atoms with Crippen molar-refractivity contribution in [3.05, 3.63) is 51.7 Å². The predicted octanol–water partition coefficient (Wildman–Crippen LogP) is 3.76. The number of H-pyrrole nitrogens is 1. The molecule has 6 rings (SSSR count). The van der Waals surface area contributed by atoms with Crippen LogP contribution in [0.4, 0.5) is 13.2 Å². The number of fused-ring (bicyclic) bond motifs is 2. The van der Waals surface area contributed by atoms with Crippen LogP contribution < -0.4 is 5.56 Å². The molecular weight excluding hydrogens is 471 g/mol. The second-order valence-corrected chi connectivity index (χ2v) is 11.1. The Morgan fingerprint density at radius 2 is 1.94 bits per heavy atom.